The van der Waals surface area contributed by atoms with Crippen LogP contribution in [-0.2, 0) is 11.3 Å². The van der Waals surface area contributed by atoms with Crippen LogP contribution >= 0.6 is 11.8 Å². The van der Waals surface area contributed by atoms with Crippen molar-refractivity contribution in [2.75, 3.05) is 20.0 Å². The van der Waals surface area contributed by atoms with E-state index in [0.717, 1.165) is 17.2 Å². The van der Waals surface area contributed by atoms with Gasteiger partial charge in [-0.2, -0.15) is 5.10 Å². The van der Waals surface area contributed by atoms with Crippen molar-refractivity contribution in [1.82, 2.24) is 26.1 Å². The standard InChI is InChI=1S/C25H30N6O3S/c1-16-4-7-18(8-5-16)19-13-20-24-27-28-25(30(24)10-11-31(20)29-19)35-15-23(32)26-14-17-6-9-21(33-2)22(12-17)34-3/h4-12,19-20,24,27,29H,13-15H2,1-3H3,(H,26,32). The fourth-order valence-electron chi connectivity index (χ4n) is 4.54. The lowest BCUT2D eigenvalue weighted by Gasteiger charge is -2.36. The van der Waals surface area contributed by atoms with Crippen LogP contribution in [0.4, 0.5) is 0 Å². The molecule has 1 amide bonds. The molecule has 9 nitrogen and oxygen atoms in total. The second-order valence-electron chi connectivity index (χ2n) is 8.73. The average Bonchev–Trinajstić information content (AvgIpc) is 3.50. The van der Waals surface area contributed by atoms with E-state index in [1.165, 1.54) is 22.9 Å². The highest BCUT2D eigenvalue weighted by atomic mass is 32.2. The van der Waals surface area contributed by atoms with Gasteiger partial charge in [0.2, 0.25) is 5.91 Å². The van der Waals surface area contributed by atoms with Crippen molar-refractivity contribution in [3.8, 4) is 11.5 Å². The van der Waals surface area contributed by atoms with Crippen molar-refractivity contribution < 1.29 is 14.3 Å². The summed E-state index contributed by atoms with van der Waals surface area (Å²) in [6.45, 7) is 2.52. The van der Waals surface area contributed by atoms with E-state index in [4.69, 9.17) is 9.47 Å². The molecule has 184 valence electrons. The number of hydrogen-bond donors (Lipinski definition) is 3. The molecule has 3 unspecified atom stereocenters. The van der Waals surface area contributed by atoms with Gasteiger partial charge in [0.1, 0.15) is 6.17 Å². The third kappa shape index (κ3) is 4.89. The minimum absolute atomic E-state index is 0.0280. The van der Waals surface area contributed by atoms with Gasteiger partial charge in [-0.25, -0.2) is 5.43 Å². The quantitative estimate of drug-likeness (QED) is 0.541. The maximum Gasteiger partial charge on any atom is 0.230 e. The molecule has 0 spiro atoms. The van der Waals surface area contributed by atoms with E-state index in [0.29, 0.717) is 18.0 Å². The molecule has 3 N–H and O–H groups in total. The van der Waals surface area contributed by atoms with E-state index in [1.54, 1.807) is 14.2 Å². The van der Waals surface area contributed by atoms with Crippen LogP contribution in [0.15, 0.2) is 60.0 Å². The van der Waals surface area contributed by atoms with E-state index in [2.05, 4.69) is 68.6 Å². The van der Waals surface area contributed by atoms with Crippen LogP contribution in [0.2, 0.25) is 0 Å². The number of rotatable bonds is 7. The molecule has 3 atom stereocenters. The third-order valence-corrected chi connectivity index (χ3v) is 7.42. The van der Waals surface area contributed by atoms with Crippen LogP contribution in [0.5, 0.6) is 11.5 Å². The molecule has 10 heteroatoms. The summed E-state index contributed by atoms with van der Waals surface area (Å²) in [5, 5.41) is 10.4. The van der Waals surface area contributed by atoms with E-state index in [1.807, 2.05) is 24.4 Å². The lowest BCUT2D eigenvalue weighted by atomic mass is 9.99. The average molecular weight is 495 g/mol. The second kappa shape index (κ2) is 10.1. The molecule has 3 aliphatic heterocycles. The van der Waals surface area contributed by atoms with Gasteiger partial charge in [0, 0.05) is 18.9 Å². The largest absolute Gasteiger partial charge is 0.493 e. The molecule has 2 aromatic carbocycles. The van der Waals surface area contributed by atoms with Crippen molar-refractivity contribution in [3.63, 3.8) is 0 Å². The van der Waals surface area contributed by atoms with Gasteiger partial charge in [-0.15, -0.1) is 0 Å². The number of hydrogen-bond acceptors (Lipinski definition) is 9. The van der Waals surface area contributed by atoms with Crippen molar-refractivity contribution >= 4 is 22.8 Å². The first-order valence-electron chi connectivity index (χ1n) is 11.6. The number of carbonyl (C=O) groups is 1. The number of benzene rings is 2. The summed E-state index contributed by atoms with van der Waals surface area (Å²) in [4.78, 5) is 14.6. The molecule has 35 heavy (non-hydrogen) atoms. The fraction of sp³-hybridized carbons (Fsp3) is 0.360. The van der Waals surface area contributed by atoms with Gasteiger partial charge < -0.3 is 24.7 Å². The zero-order chi connectivity index (χ0) is 24.4. The molecular formula is C25H30N6O3S. The van der Waals surface area contributed by atoms with E-state index >= 15 is 0 Å². The normalized spacial score (nSPS) is 22.3. The Hall–Kier alpha value is -3.37. The van der Waals surface area contributed by atoms with Crippen molar-refractivity contribution in [1.29, 1.82) is 0 Å². The number of amides is 1. The fourth-order valence-corrected chi connectivity index (χ4v) is 5.34. The Morgan fingerprint density at radius 1 is 1.14 bits per heavy atom. The Morgan fingerprint density at radius 3 is 2.71 bits per heavy atom. The predicted molar refractivity (Wildman–Crippen MR) is 136 cm³/mol. The zero-order valence-electron chi connectivity index (χ0n) is 20.0. The highest BCUT2D eigenvalue weighted by molar-refractivity contribution is 8.14. The second-order valence-corrected chi connectivity index (χ2v) is 9.67. The Labute approximate surface area is 209 Å². The number of hydrazone groups is 1. The van der Waals surface area contributed by atoms with Crippen molar-refractivity contribution in [2.45, 2.75) is 38.1 Å². The summed E-state index contributed by atoms with van der Waals surface area (Å²) in [5.41, 5.74) is 10.3. The molecule has 1 fully saturated rings. The highest BCUT2D eigenvalue weighted by Crippen LogP contribution is 2.35. The van der Waals surface area contributed by atoms with Crippen LogP contribution in [-0.4, -0.2) is 53.2 Å². The Kier molecular flexibility index (Phi) is 6.74. The van der Waals surface area contributed by atoms with Crippen molar-refractivity contribution in [3.05, 3.63) is 71.6 Å². The molecule has 2 aromatic rings. The minimum Gasteiger partial charge on any atom is -0.493 e. The van der Waals surface area contributed by atoms with Gasteiger partial charge in [0.05, 0.1) is 32.1 Å². The van der Waals surface area contributed by atoms with Gasteiger partial charge in [-0.05, 0) is 36.6 Å². The van der Waals surface area contributed by atoms with Gasteiger partial charge in [-0.1, -0.05) is 47.7 Å². The summed E-state index contributed by atoms with van der Waals surface area (Å²) in [5.74, 6) is 1.53. The summed E-state index contributed by atoms with van der Waals surface area (Å²) >= 11 is 1.43. The SMILES string of the molecule is COc1ccc(CNC(=O)CSC2=NNC3C4CC(c5ccc(C)cc5)NN4C=CN23)cc1OC. The van der Waals surface area contributed by atoms with Crippen LogP contribution in [0.3, 0.4) is 0 Å². The Morgan fingerprint density at radius 2 is 1.94 bits per heavy atom. The molecule has 0 saturated carbocycles. The van der Waals surface area contributed by atoms with Gasteiger partial charge >= 0.3 is 0 Å². The first kappa shape index (κ1) is 23.4. The van der Waals surface area contributed by atoms with Crippen LogP contribution in [0.25, 0.3) is 0 Å². The summed E-state index contributed by atoms with van der Waals surface area (Å²) in [6, 6.07) is 14.8. The number of ether oxygens (including phenoxy) is 2. The lowest BCUT2D eigenvalue weighted by Crippen LogP contribution is -2.54. The molecule has 1 saturated heterocycles. The third-order valence-electron chi connectivity index (χ3n) is 6.45. The number of nitrogens with one attached hydrogen (secondary N) is 3. The monoisotopic (exact) mass is 494 g/mol. The number of carbonyl (C=O) groups excluding carboxylic acids is 1. The number of nitrogens with zero attached hydrogens (tertiary/aromatic N) is 3. The van der Waals surface area contributed by atoms with Gasteiger partial charge in [0.15, 0.2) is 16.7 Å². The van der Waals surface area contributed by atoms with Gasteiger partial charge in [0.25, 0.3) is 0 Å². The maximum atomic E-state index is 12.5. The van der Waals surface area contributed by atoms with Crippen LogP contribution in [0.1, 0.15) is 29.2 Å². The van der Waals surface area contributed by atoms with E-state index < -0.39 is 0 Å². The number of methoxy groups -OCH3 is 2. The number of aryl methyl sites for hydroxylation is 1. The molecule has 0 radical (unpaired) electrons. The number of thioether (sulfide) groups is 1. The number of fused-ring (bicyclic) bond motifs is 3. The molecular weight excluding hydrogens is 464 g/mol. The summed E-state index contributed by atoms with van der Waals surface area (Å²) in [6.07, 6.45) is 5.05. The Bertz CT molecular complexity index is 1140. The first-order valence-corrected chi connectivity index (χ1v) is 12.6. The Balaban J connectivity index is 1.13. The molecule has 0 aliphatic carbocycles. The lowest BCUT2D eigenvalue weighted by molar-refractivity contribution is -0.118. The van der Waals surface area contributed by atoms with E-state index in [9.17, 15) is 4.79 Å². The molecule has 5 rings (SSSR count). The molecule has 3 heterocycles. The molecule has 0 bridgehead atoms. The van der Waals surface area contributed by atoms with Crippen LogP contribution in [0, 0.1) is 6.92 Å². The zero-order valence-corrected chi connectivity index (χ0v) is 20.8. The molecule has 0 aromatic heterocycles. The topological polar surface area (TPSA) is 90.5 Å². The number of hydrazine groups is 1. The maximum absolute atomic E-state index is 12.5. The highest BCUT2D eigenvalue weighted by Gasteiger charge is 2.44. The minimum atomic E-state index is -0.0551. The molecule has 3 aliphatic rings. The van der Waals surface area contributed by atoms with E-state index in [-0.39, 0.29) is 29.9 Å². The van der Waals surface area contributed by atoms with Gasteiger partial charge in [-0.3, -0.25) is 10.2 Å². The van der Waals surface area contributed by atoms with Crippen LogP contribution < -0.4 is 25.6 Å². The predicted octanol–water partition coefficient (Wildman–Crippen LogP) is 2.67. The van der Waals surface area contributed by atoms with Crippen molar-refractivity contribution in [2.24, 2.45) is 5.10 Å². The number of amidine groups is 1. The summed E-state index contributed by atoms with van der Waals surface area (Å²) in [7, 11) is 3.20. The smallest absolute Gasteiger partial charge is 0.230 e. The summed E-state index contributed by atoms with van der Waals surface area (Å²) < 4.78 is 10.6. The first-order chi connectivity index (χ1) is 17.1.